The molecule has 1 aliphatic heterocycles. The molecule has 5 aromatic carbocycles. The molecule has 31 nitrogen and oxygen atoms in total. The van der Waals surface area contributed by atoms with Crippen LogP contribution in [0.4, 0.5) is 27.7 Å². The van der Waals surface area contributed by atoms with Crippen LogP contribution in [0, 0.1) is 0 Å². The first-order valence-corrected chi connectivity index (χ1v) is 33.1. The van der Waals surface area contributed by atoms with Crippen molar-refractivity contribution in [2.75, 3.05) is 59.6 Å². The molecule has 0 fully saturated rings. The van der Waals surface area contributed by atoms with Gasteiger partial charge in [-0.25, -0.2) is 24.4 Å². The van der Waals surface area contributed by atoms with Gasteiger partial charge >= 0.3 is 24.0 Å². The van der Waals surface area contributed by atoms with Gasteiger partial charge in [-0.3, -0.25) is 38.4 Å². The van der Waals surface area contributed by atoms with E-state index in [-0.39, 0.29) is 89.2 Å². The van der Waals surface area contributed by atoms with Gasteiger partial charge in [0.15, 0.2) is 18.1 Å². The Morgan fingerprint density at radius 1 is 0.786 bits per heavy atom. The SMILES string of the molecule is CN/C(N)=N\c1ncc(CNc2ccc(C(=O)NC(CCC(=O)NCC(N)C(=O)NC(CC(=O)O)C(=O)NC(CSSCCNC(=O)Oc3cc4c(c5ccccc35)C(CCl)CN4C(=O)c3cc4cc(NC(=O)c5cc6ccccc6[nH]5)ccc4[nH]3)C(=O)O)C(=O)O)cc2)nc1C=O. The summed E-state index contributed by atoms with van der Waals surface area (Å²) in [5.41, 5.74) is 16.5. The van der Waals surface area contributed by atoms with Crippen LogP contribution >= 0.6 is 33.2 Å². The van der Waals surface area contributed by atoms with Gasteiger partial charge in [0.2, 0.25) is 17.7 Å². The van der Waals surface area contributed by atoms with Crippen molar-refractivity contribution in [3.05, 3.63) is 149 Å². The minimum atomic E-state index is -1.83. The molecule has 17 N–H and O–H groups in total. The quantitative estimate of drug-likeness (QED) is 0.00709. The molecule has 8 aromatic rings. The van der Waals surface area contributed by atoms with Gasteiger partial charge in [0.05, 0.1) is 30.5 Å². The van der Waals surface area contributed by atoms with Gasteiger partial charge < -0.3 is 88.9 Å². The number of amides is 7. The molecule has 0 saturated carbocycles. The van der Waals surface area contributed by atoms with Crippen LogP contribution in [0.1, 0.15) is 78.3 Å². The lowest BCUT2D eigenvalue weighted by Gasteiger charge is -2.22. The number of nitrogens with zero attached hydrogens (tertiary/aromatic N) is 4. The molecule has 7 amide bonds. The predicted octanol–water partition coefficient (Wildman–Crippen LogP) is 4.52. The summed E-state index contributed by atoms with van der Waals surface area (Å²) in [7, 11) is 3.67. The average Bonchev–Trinajstić information content (AvgIpc) is 1.55. The average molecular weight is 1400 g/mol. The second-order valence-electron chi connectivity index (χ2n) is 22.0. The Labute approximate surface area is 569 Å². The van der Waals surface area contributed by atoms with E-state index in [0.29, 0.717) is 56.4 Å². The topological polar surface area (TPSA) is 479 Å². The Bertz CT molecular complexity index is 4390. The highest BCUT2D eigenvalue weighted by molar-refractivity contribution is 8.76. The number of rotatable bonds is 31. The number of aldehydes is 1. The Balaban J connectivity index is 0.704. The molecule has 3 aromatic heterocycles. The maximum absolute atomic E-state index is 14.4. The molecule has 1 aliphatic rings. The number of carbonyl (C=O) groups is 11. The van der Waals surface area contributed by atoms with Crippen LogP contribution < -0.4 is 63.6 Å². The number of carbonyl (C=O) groups excluding carboxylic acids is 8. The Hall–Kier alpha value is -11.3. The molecule has 0 bridgehead atoms. The minimum absolute atomic E-state index is 0.0196. The molecule has 34 heteroatoms. The van der Waals surface area contributed by atoms with E-state index >= 15 is 0 Å². The van der Waals surface area contributed by atoms with Crippen LogP contribution in [-0.4, -0.2) is 175 Å². The number of benzene rings is 5. The van der Waals surface area contributed by atoms with E-state index < -0.39 is 97.6 Å². The van der Waals surface area contributed by atoms with Crippen molar-refractivity contribution < 1.29 is 72.8 Å². The van der Waals surface area contributed by atoms with E-state index in [1.54, 1.807) is 60.5 Å². The lowest BCUT2D eigenvalue weighted by molar-refractivity contribution is -0.143. The molecule has 4 heterocycles. The summed E-state index contributed by atoms with van der Waals surface area (Å²) in [4.78, 5) is 161. The van der Waals surface area contributed by atoms with Crippen LogP contribution in [0.15, 0.2) is 120 Å². The van der Waals surface area contributed by atoms with Gasteiger partial charge in [0.1, 0.15) is 47.0 Å². The van der Waals surface area contributed by atoms with Crippen molar-refractivity contribution in [1.29, 1.82) is 0 Å². The van der Waals surface area contributed by atoms with Gasteiger partial charge in [0, 0.05) is 107 Å². The number of H-pyrrole nitrogens is 2. The zero-order chi connectivity index (χ0) is 70.2. The lowest BCUT2D eigenvalue weighted by Crippen LogP contribution is -2.57. The lowest BCUT2D eigenvalue weighted by atomic mass is 9.95. The number of nitrogens with two attached hydrogens (primary N) is 2. The minimum Gasteiger partial charge on any atom is -0.481 e. The van der Waals surface area contributed by atoms with E-state index in [4.69, 9.17) is 27.8 Å². The number of para-hydroxylation sites is 1. The van der Waals surface area contributed by atoms with Gasteiger partial charge in [-0.1, -0.05) is 64.1 Å². The van der Waals surface area contributed by atoms with Crippen LogP contribution in [0.5, 0.6) is 5.75 Å². The normalized spacial score (nSPS) is 13.8. The van der Waals surface area contributed by atoms with E-state index in [0.717, 1.165) is 38.1 Å². The summed E-state index contributed by atoms with van der Waals surface area (Å²) in [6.45, 7) is -0.195. The molecule has 510 valence electrons. The number of hydrogen-bond donors (Lipinski definition) is 15. The number of carboxylic acids is 3. The number of anilines is 3. The molecule has 0 radical (unpaired) electrons. The third-order valence-electron chi connectivity index (χ3n) is 15.2. The van der Waals surface area contributed by atoms with E-state index in [1.165, 1.54) is 30.5 Å². The first-order valence-electron chi connectivity index (χ1n) is 30.0. The molecular weight excluding hydrogens is 1330 g/mol. The summed E-state index contributed by atoms with van der Waals surface area (Å²) in [5, 5.41) is 52.5. The molecule has 5 atom stereocenters. The first kappa shape index (κ1) is 71.0. The highest BCUT2D eigenvalue weighted by Gasteiger charge is 2.37. The van der Waals surface area contributed by atoms with Crippen molar-refractivity contribution in [3.8, 4) is 5.75 Å². The van der Waals surface area contributed by atoms with E-state index in [1.807, 2.05) is 36.4 Å². The third kappa shape index (κ3) is 18.2. The second-order valence-corrected chi connectivity index (χ2v) is 24.9. The monoisotopic (exact) mass is 1400 g/mol. The summed E-state index contributed by atoms with van der Waals surface area (Å²) in [6.07, 6.45) is -0.824. The maximum atomic E-state index is 14.4. The number of nitrogens with one attached hydrogen (secondary N) is 10. The third-order valence-corrected chi connectivity index (χ3v) is 18.0. The number of guanidine groups is 1. The van der Waals surface area contributed by atoms with E-state index in [2.05, 4.69) is 67.5 Å². The fraction of sp³-hybridized carbons (Fsp3) is 0.250. The number of aromatic amines is 2. The molecule has 98 heavy (non-hydrogen) atoms. The van der Waals surface area contributed by atoms with Gasteiger partial charge in [-0.15, -0.1) is 11.6 Å². The number of ether oxygens (including phenoxy) is 1. The largest absolute Gasteiger partial charge is 0.481 e. The summed E-state index contributed by atoms with van der Waals surface area (Å²) < 4.78 is 5.86. The number of hydrogen-bond acceptors (Lipinski definition) is 19. The van der Waals surface area contributed by atoms with E-state index in [9.17, 15) is 68.1 Å². The number of aromatic nitrogens is 4. The number of aliphatic imine (C=N–C) groups is 1. The highest BCUT2D eigenvalue weighted by atomic mass is 35.5. The standard InChI is InChI=1S/C64H65ClN16O15S2/c1-68-63(67)80-55-48(30-82)73-38(27-72-55)26-70-36-12-10-32(11-13-36)56(86)77-44(61(91)92)16-17-52(83)71-28-41(66)57(87)78-46(23-53(84)85)59(89)79-49(62(93)94)31-98-97-19-18-69-64(95)96-51-24-50-54(40-8-4-3-7-39(40)51)35(25-65)29-81(50)60(90)47-22-34-20-37(14-15-43(34)76-47)74-58(88)45-21-33-6-2-5-9-42(33)75-45/h2-15,20-22,24,27,30,35,41,44,46,49,70,75-76H,16-19,23,25-26,28-29,31,66H2,1H3,(H,69,95)(H,71,83)(H,74,88)(H,77,86)(H,78,87)(H,79,89)(H,84,85)(H,91,92)(H,93,94)(H3,67,68,72,80). The van der Waals surface area contributed by atoms with Crippen molar-refractivity contribution in [1.82, 2.24) is 51.8 Å². The molecule has 9 rings (SSSR count). The second kappa shape index (κ2) is 32.9. The number of halogens is 1. The molecule has 0 saturated heterocycles. The summed E-state index contributed by atoms with van der Waals surface area (Å²) in [6, 6.07) is 24.4. The Kier molecular flexibility index (Phi) is 23.8. The summed E-state index contributed by atoms with van der Waals surface area (Å²) in [5.74, 6) is -9.00. The van der Waals surface area contributed by atoms with Crippen molar-refractivity contribution >= 4 is 160 Å². The number of alkyl halides is 1. The summed E-state index contributed by atoms with van der Waals surface area (Å²) >= 11 is 6.54. The van der Waals surface area contributed by atoms with Crippen LogP contribution in [0.3, 0.4) is 0 Å². The van der Waals surface area contributed by atoms with Crippen LogP contribution in [0.25, 0.3) is 32.6 Å². The zero-order valence-corrected chi connectivity index (χ0v) is 54.3. The van der Waals surface area contributed by atoms with Crippen molar-refractivity contribution in [2.45, 2.75) is 55.9 Å². The van der Waals surface area contributed by atoms with Crippen LogP contribution in [0.2, 0.25) is 0 Å². The van der Waals surface area contributed by atoms with Crippen molar-refractivity contribution in [3.63, 3.8) is 0 Å². The fourth-order valence-corrected chi connectivity index (χ4v) is 12.6. The Morgan fingerprint density at radius 3 is 2.19 bits per heavy atom. The molecule has 0 spiro atoms. The van der Waals surface area contributed by atoms with Gasteiger partial charge in [0.25, 0.3) is 17.7 Å². The first-order chi connectivity index (χ1) is 47.1. The highest BCUT2D eigenvalue weighted by Crippen LogP contribution is 2.46. The number of carboxylic acid groups (broad SMARTS) is 3. The van der Waals surface area contributed by atoms with Crippen molar-refractivity contribution in [2.24, 2.45) is 16.5 Å². The smallest absolute Gasteiger partial charge is 0.412 e. The van der Waals surface area contributed by atoms with Gasteiger partial charge in [-0.05, 0) is 78.0 Å². The Morgan fingerprint density at radius 2 is 1.48 bits per heavy atom. The maximum Gasteiger partial charge on any atom is 0.412 e. The molecule has 0 aliphatic carbocycles. The predicted molar refractivity (Wildman–Crippen MR) is 367 cm³/mol. The van der Waals surface area contributed by atoms with Crippen LogP contribution in [-0.2, 0) is 35.3 Å². The van der Waals surface area contributed by atoms with Gasteiger partial charge in [-0.2, -0.15) is 4.99 Å². The zero-order valence-electron chi connectivity index (χ0n) is 51.9. The molecule has 5 unspecified atom stereocenters. The number of aliphatic carboxylic acids is 3. The molecular formula is C64H65ClN16O15S2. The fourth-order valence-electron chi connectivity index (χ4n) is 10.3. The number of fused-ring (bicyclic) bond motifs is 5.